The molecule has 0 saturated carbocycles. The van der Waals surface area contributed by atoms with Gasteiger partial charge < -0.3 is 0 Å². The summed E-state index contributed by atoms with van der Waals surface area (Å²) >= 11 is 1.40. The van der Waals surface area contributed by atoms with Gasteiger partial charge in [-0.2, -0.15) is 5.10 Å². The third-order valence-corrected chi connectivity index (χ3v) is 4.62. The smallest absolute Gasteiger partial charge is 0.220 e. The normalized spacial score (nSPS) is 13.2. The van der Waals surface area contributed by atoms with Crippen LogP contribution in [-0.4, -0.2) is 10.8 Å². The standard InChI is InChI=1S/C18H12N2OS/c21-17(14-10-9-12-5-1-2-6-13(12)11-14)18-20-19-15-7-3-4-8-16(15)22-18/h1-11,19H. The van der Waals surface area contributed by atoms with Crippen molar-refractivity contribution >= 4 is 39.0 Å². The highest BCUT2D eigenvalue weighted by Crippen LogP contribution is 2.33. The van der Waals surface area contributed by atoms with E-state index < -0.39 is 0 Å². The van der Waals surface area contributed by atoms with Crippen molar-refractivity contribution < 1.29 is 4.79 Å². The Hall–Kier alpha value is -2.59. The van der Waals surface area contributed by atoms with E-state index in [9.17, 15) is 4.79 Å². The van der Waals surface area contributed by atoms with Crippen LogP contribution in [0.25, 0.3) is 10.8 Å². The monoisotopic (exact) mass is 304 g/mol. The van der Waals surface area contributed by atoms with E-state index in [4.69, 9.17) is 0 Å². The number of fused-ring (bicyclic) bond motifs is 2. The lowest BCUT2D eigenvalue weighted by atomic mass is 10.0. The number of hydrogen-bond donors (Lipinski definition) is 1. The second kappa shape index (κ2) is 5.31. The van der Waals surface area contributed by atoms with Crippen molar-refractivity contribution in [3.05, 3.63) is 72.3 Å². The molecule has 1 aliphatic heterocycles. The Labute approximate surface area is 132 Å². The topological polar surface area (TPSA) is 41.5 Å². The molecular weight excluding hydrogens is 292 g/mol. The first-order chi connectivity index (χ1) is 10.8. The fourth-order valence-electron chi connectivity index (χ4n) is 2.44. The number of benzene rings is 3. The highest BCUT2D eigenvalue weighted by Gasteiger charge is 2.20. The highest BCUT2D eigenvalue weighted by atomic mass is 32.2. The van der Waals surface area contributed by atoms with E-state index in [1.54, 1.807) is 0 Å². The number of Topliss-reactive ketones (excluding diaryl/α,β-unsaturated/α-hetero) is 1. The molecule has 0 bridgehead atoms. The number of carbonyl (C=O) groups is 1. The molecule has 4 rings (SSSR count). The summed E-state index contributed by atoms with van der Waals surface area (Å²) in [5, 5.41) is 6.86. The van der Waals surface area contributed by atoms with Gasteiger partial charge >= 0.3 is 0 Å². The minimum atomic E-state index is -0.0576. The number of thioether (sulfide) groups is 1. The van der Waals surface area contributed by atoms with E-state index in [1.807, 2.05) is 66.7 Å². The molecule has 1 N–H and O–H groups in total. The van der Waals surface area contributed by atoms with Crippen LogP contribution in [0.5, 0.6) is 0 Å². The van der Waals surface area contributed by atoms with Gasteiger partial charge in [-0.3, -0.25) is 10.2 Å². The summed E-state index contributed by atoms with van der Waals surface area (Å²) in [5.74, 6) is -0.0576. The summed E-state index contributed by atoms with van der Waals surface area (Å²) in [6.45, 7) is 0. The minimum absolute atomic E-state index is 0.0576. The average Bonchev–Trinajstić information content (AvgIpc) is 2.60. The summed E-state index contributed by atoms with van der Waals surface area (Å²) in [7, 11) is 0. The highest BCUT2D eigenvalue weighted by molar-refractivity contribution is 8.16. The molecule has 0 spiro atoms. The van der Waals surface area contributed by atoms with Gasteiger partial charge in [0.05, 0.1) is 5.69 Å². The Kier molecular flexibility index (Phi) is 3.16. The number of ketones is 1. The molecule has 22 heavy (non-hydrogen) atoms. The van der Waals surface area contributed by atoms with Gasteiger partial charge in [0, 0.05) is 10.5 Å². The Morgan fingerprint density at radius 3 is 2.59 bits per heavy atom. The predicted molar refractivity (Wildman–Crippen MR) is 91.6 cm³/mol. The number of hydrazone groups is 1. The molecular formula is C18H12N2OS. The van der Waals surface area contributed by atoms with Crippen LogP contribution in [0.15, 0.2) is 76.7 Å². The lowest BCUT2D eigenvalue weighted by Gasteiger charge is -2.15. The van der Waals surface area contributed by atoms with Crippen molar-refractivity contribution in [3.63, 3.8) is 0 Å². The van der Waals surface area contributed by atoms with Crippen molar-refractivity contribution in [2.45, 2.75) is 4.90 Å². The van der Waals surface area contributed by atoms with Crippen molar-refractivity contribution in [1.82, 2.24) is 0 Å². The summed E-state index contributed by atoms with van der Waals surface area (Å²) in [5.41, 5.74) is 4.54. The molecule has 3 aromatic rings. The largest absolute Gasteiger partial charge is 0.286 e. The number of para-hydroxylation sites is 1. The van der Waals surface area contributed by atoms with E-state index in [0.29, 0.717) is 10.6 Å². The summed E-state index contributed by atoms with van der Waals surface area (Å²) < 4.78 is 0. The third-order valence-electron chi connectivity index (χ3n) is 3.58. The third kappa shape index (κ3) is 2.27. The molecule has 0 aliphatic carbocycles. The average molecular weight is 304 g/mol. The van der Waals surface area contributed by atoms with E-state index in [0.717, 1.165) is 21.4 Å². The summed E-state index contributed by atoms with van der Waals surface area (Å²) in [6, 6.07) is 21.6. The van der Waals surface area contributed by atoms with Crippen LogP contribution < -0.4 is 5.43 Å². The van der Waals surface area contributed by atoms with Gasteiger partial charge in [-0.15, -0.1) is 0 Å². The quantitative estimate of drug-likeness (QED) is 0.706. The lowest BCUT2D eigenvalue weighted by Crippen LogP contribution is -2.15. The summed E-state index contributed by atoms with van der Waals surface area (Å²) in [4.78, 5) is 13.7. The number of carbonyl (C=O) groups excluding carboxylic acids is 1. The number of nitrogens with zero attached hydrogens (tertiary/aromatic N) is 1. The van der Waals surface area contributed by atoms with Crippen LogP contribution in [0, 0.1) is 0 Å². The molecule has 0 unspecified atom stereocenters. The molecule has 106 valence electrons. The fraction of sp³-hybridized carbons (Fsp3) is 0. The SMILES string of the molecule is O=C(C1=NNc2ccccc2S1)c1ccc2ccccc2c1. The first-order valence-corrected chi connectivity index (χ1v) is 7.77. The van der Waals surface area contributed by atoms with Crippen LogP contribution in [0.1, 0.15) is 10.4 Å². The molecule has 0 fully saturated rings. The fourth-order valence-corrected chi connectivity index (χ4v) is 3.32. The van der Waals surface area contributed by atoms with Crippen molar-refractivity contribution in [2.24, 2.45) is 5.10 Å². The zero-order valence-electron chi connectivity index (χ0n) is 11.6. The lowest BCUT2D eigenvalue weighted by molar-refractivity contribution is 0.106. The van der Waals surface area contributed by atoms with Gasteiger partial charge in [0.2, 0.25) is 5.78 Å². The predicted octanol–water partition coefficient (Wildman–Crippen LogP) is 4.55. The molecule has 0 amide bonds. The maximum Gasteiger partial charge on any atom is 0.220 e. The first kappa shape index (κ1) is 13.1. The molecule has 0 aromatic heterocycles. The molecule has 0 saturated heterocycles. The van der Waals surface area contributed by atoms with Gasteiger partial charge in [0.1, 0.15) is 0 Å². The number of anilines is 1. The van der Waals surface area contributed by atoms with Gasteiger partial charge in [-0.1, -0.05) is 60.3 Å². The number of rotatable bonds is 2. The van der Waals surface area contributed by atoms with Crippen LogP contribution in [-0.2, 0) is 0 Å². The Balaban J connectivity index is 1.68. The Bertz CT molecular complexity index is 918. The molecule has 1 heterocycles. The maximum atomic E-state index is 12.7. The van der Waals surface area contributed by atoms with Crippen LogP contribution in [0.3, 0.4) is 0 Å². The number of nitrogens with one attached hydrogen (secondary N) is 1. The minimum Gasteiger partial charge on any atom is -0.286 e. The van der Waals surface area contributed by atoms with Gasteiger partial charge in [0.15, 0.2) is 5.04 Å². The van der Waals surface area contributed by atoms with Crippen LogP contribution in [0.2, 0.25) is 0 Å². The molecule has 0 radical (unpaired) electrons. The van der Waals surface area contributed by atoms with E-state index in [-0.39, 0.29) is 5.78 Å². The zero-order valence-corrected chi connectivity index (χ0v) is 12.4. The van der Waals surface area contributed by atoms with Crippen molar-refractivity contribution in [2.75, 3.05) is 5.43 Å². The van der Waals surface area contributed by atoms with E-state index >= 15 is 0 Å². The number of hydrogen-bond acceptors (Lipinski definition) is 4. The van der Waals surface area contributed by atoms with Crippen LogP contribution in [0.4, 0.5) is 5.69 Å². The van der Waals surface area contributed by atoms with E-state index in [1.165, 1.54) is 11.8 Å². The van der Waals surface area contributed by atoms with Crippen molar-refractivity contribution in [1.29, 1.82) is 0 Å². The second-order valence-corrected chi connectivity index (χ2v) is 6.05. The Morgan fingerprint density at radius 2 is 1.68 bits per heavy atom. The maximum absolute atomic E-state index is 12.7. The van der Waals surface area contributed by atoms with Gasteiger partial charge in [0.25, 0.3) is 0 Å². The van der Waals surface area contributed by atoms with E-state index in [2.05, 4.69) is 10.5 Å². The molecule has 3 nitrogen and oxygen atoms in total. The molecule has 1 aliphatic rings. The molecule has 4 heteroatoms. The molecule has 0 atom stereocenters. The first-order valence-electron chi connectivity index (χ1n) is 6.95. The van der Waals surface area contributed by atoms with Crippen molar-refractivity contribution in [3.8, 4) is 0 Å². The summed E-state index contributed by atoms with van der Waals surface area (Å²) in [6.07, 6.45) is 0. The van der Waals surface area contributed by atoms with Crippen LogP contribution >= 0.6 is 11.8 Å². The molecule has 3 aromatic carbocycles. The van der Waals surface area contributed by atoms with Gasteiger partial charge in [-0.25, -0.2) is 0 Å². The Morgan fingerprint density at radius 1 is 0.909 bits per heavy atom. The second-order valence-electron chi connectivity index (χ2n) is 5.02. The zero-order chi connectivity index (χ0) is 14.9. The van der Waals surface area contributed by atoms with Gasteiger partial charge in [-0.05, 0) is 29.0 Å².